The van der Waals surface area contributed by atoms with Gasteiger partial charge in [0.25, 0.3) is 5.91 Å². The zero-order chi connectivity index (χ0) is 17.9. The SMILES string of the molecule is O=C(Nc1ccccc1)c1cn(-c2ccccc2)nc1-c1ccc(Br)s1. The summed E-state index contributed by atoms with van der Waals surface area (Å²) < 4.78 is 2.74. The predicted molar refractivity (Wildman–Crippen MR) is 109 cm³/mol. The number of amides is 1. The first-order valence-electron chi connectivity index (χ1n) is 7.98. The van der Waals surface area contributed by atoms with E-state index in [0.29, 0.717) is 11.3 Å². The first-order valence-corrected chi connectivity index (χ1v) is 9.59. The van der Waals surface area contributed by atoms with Crippen LogP contribution in [0.4, 0.5) is 5.69 Å². The van der Waals surface area contributed by atoms with Crippen molar-refractivity contribution in [1.29, 1.82) is 0 Å². The lowest BCUT2D eigenvalue weighted by Gasteiger charge is -2.04. The van der Waals surface area contributed by atoms with Gasteiger partial charge in [-0.25, -0.2) is 4.68 Å². The Morgan fingerprint density at radius 3 is 2.31 bits per heavy atom. The van der Waals surface area contributed by atoms with Crippen molar-refractivity contribution in [2.45, 2.75) is 0 Å². The van der Waals surface area contributed by atoms with E-state index in [2.05, 4.69) is 26.3 Å². The third-order valence-electron chi connectivity index (χ3n) is 3.82. The fourth-order valence-electron chi connectivity index (χ4n) is 2.60. The van der Waals surface area contributed by atoms with E-state index >= 15 is 0 Å². The molecule has 0 bridgehead atoms. The van der Waals surface area contributed by atoms with Crippen LogP contribution in [0.15, 0.2) is 82.8 Å². The molecule has 0 spiro atoms. The lowest BCUT2D eigenvalue weighted by Crippen LogP contribution is -2.12. The van der Waals surface area contributed by atoms with Crippen molar-refractivity contribution in [3.8, 4) is 16.3 Å². The minimum Gasteiger partial charge on any atom is -0.322 e. The van der Waals surface area contributed by atoms with Crippen LogP contribution < -0.4 is 5.32 Å². The largest absolute Gasteiger partial charge is 0.322 e. The number of hydrogen-bond donors (Lipinski definition) is 1. The summed E-state index contributed by atoms with van der Waals surface area (Å²) in [6.45, 7) is 0. The number of benzene rings is 2. The predicted octanol–water partition coefficient (Wildman–Crippen LogP) is 5.62. The van der Waals surface area contributed by atoms with Crippen molar-refractivity contribution < 1.29 is 4.79 Å². The Labute approximate surface area is 163 Å². The average molecular weight is 424 g/mol. The van der Waals surface area contributed by atoms with Gasteiger partial charge in [-0.15, -0.1) is 11.3 Å². The van der Waals surface area contributed by atoms with Gasteiger partial charge in [0.15, 0.2) is 0 Å². The van der Waals surface area contributed by atoms with Crippen LogP contribution in [0.5, 0.6) is 0 Å². The van der Waals surface area contributed by atoms with Gasteiger partial charge in [0.2, 0.25) is 0 Å². The highest BCUT2D eigenvalue weighted by molar-refractivity contribution is 9.11. The van der Waals surface area contributed by atoms with Crippen molar-refractivity contribution in [2.75, 3.05) is 5.32 Å². The fraction of sp³-hybridized carbons (Fsp3) is 0. The van der Waals surface area contributed by atoms with Crippen LogP contribution in [0.1, 0.15) is 10.4 Å². The summed E-state index contributed by atoms with van der Waals surface area (Å²) in [7, 11) is 0. The lowest BCUT2D eigenvalue weighted by molar-refractivity contribution is 0.102. The Hall–Kier alpha value is -2.70. The number of anilines is 1. The zero-order valence-corrected chi connectivity index (χ0v) is 16.0. The smallest absolute Gasteiger partial charge is 0.259 e. The highest BCUT2D eigenvalue weighted by Gasteiger charge is 2.20. The maximum absolute atomic E-state index is 12.9. The van der Waals surface area contributed by atoms with Crippen LogP contribution in [-0.2, 0) is 0 Å². The molecular weight excluding hydrogens is 410 g/mol. The molecule has 0 aliphatic heterocycles. The molecule has 4 nitrogen and oxygen atoms in total. The number of aromatic nitrogens is 2. The van der Waals surface area contributed by atoms with Crippen LogP contribution in [0, 0.1) is 0 Å². The molecule has 0 unspecified atom stereocenters. The third kappa shape index (κ3) is 3.47. The molecule has 2 heterocycles. The molecule has 4 rings (SSSR count). The van der Waals surface area contributed by atoms with E-state index in [9.17, 15) is 4.79 Å². The van der Waals surface area contributed by atoms with Crippen LogP contribution in [0.3, 0.4) is 0 Å². The Balaban J connectivity index is 1.76. The van der Waals surface area contributed by atoms with Gasteiger partial charge in [0, 0.05) is 11.9 Å². The number of para-hydroxylation sites is 2. The van der Waals surface area contributed by atoms with Crippen molar-refractivity contribution in [3.05, 3.63) is 88.3 Å². The number of carbonyl (C=O) groups excluding carboxylic acids is 1. The van der Waals surface area contributed by atoms with Crippen LogP contribution in [-0.4, -0.2) is 15.7 Å². The molecule has 128 valence electrons. The minimum atomic E-state index is -0.182. The molecule has 26 heavy (non-hydrogen) atoms. The number of hydrogen-bond acceptors (Lipinski definition) is 3. The van der Waals surface area contributed by atoms with E-state index in [1.54, 1.807) is 22.2 Å². The van der Waals surface area contributed by atoms with Crippen LogP contribution in [0.25, 0.3) is 16.3 Å². The van der Waals surface area contributed by atoms with Crippen molar-refractivity contribution in [3.63, 3.8) is 0 Å². The molecule has 0 saturated carbocycles. The number of nitrogens with zero attached hydrogens (tertiary/aromatic N) is 2. The first kappa shape index (κ1) is 16.8. The molecule has 1 amide bonds. The summed E-state index contributed by atoms with van der Waals surface area (Å²) in [6, 6.07) is 23.1. The second-order valence-corrected chi connectivity index (χ2v) is 8.06. The quantitative estimate of drug-likeness (QED) is 0.463. The van der Waals surface area contributed by atoms with E-state index in [0.717, 1.165) is 20.0 Å². The second-order valence-electron chi connectivity index (χ2n) is 5.60. The van der Waals surface area contributed by atoms with Crippen molar-refractivity contribution in [2.24, 2.45) is 0 Å². The van der Waals surface area contributed by atoms with Gasteiger partial charge in [-0.1, -0.05) is 36.4 Å². The molecule has 0 aliphatic carbocycles. The van der Waals surface area contributed by atoms with Crippen LogP contribution >= 0.6 is 27.3 Å². The van der Waals surface area contributed by atoms with E-state index in [4.69, 9.17) is 0 Å². The van der Waals surface area contributed by atoms with E-state index in [1.807, 2.05) is 72.8 Å². The Morgan fingerprint density at radius 1 is 0.962 bits per heavy atom. The molecule has 0 atom stereocenters. The molecular formula is C20H14BrN3OS. The average Bonchev–Trinajstić information content (AvgIpc) is 3.30. The number of carbonyl (C=O) groups is 1. The molecule has 2 aromatic heterocycles. The summed E-state index contributed by atoms with van der Waals surface area (Å²) >= 11 is 5.03. The van der Waals surface area contributed by atoms with Crippen molar-refractivity contribution in [1.82, 2.24) is 9.78 Å². The van der Waals surface area contributed by atoms with Crippen LogP contribution in [0.2, 0.25) is 0 Å². The topological polar surface area (TPSA) is 46.9 Å². The van der Waals surface area contributed by atoms with Gasteiger partial charge in [0.1, 0.15) is 5.69 Å². The number of halogens is 1. The molecule has 6 heteroatoms. The number of nitrogens with one attached hydrogen (secondary N) is 1. The van der Waals surface area contributed by atoms with Gasteiger partial charge in [-0.2, -0.15) is 5.10 Å². The molecule has 0 saturated heterocycles. The highest BCUT2D eigenvalue weighted by Crippen LogP contribution is 2.33. The standard InChI is InChI=1S/C20H14BrN3OS/c21-18-12-11-17(26-18)19-16(20(25)22-14-7-3-1-4-8-14)13-24(23-19)15-9-5-2-6-10-15/h1-13H,(H,22,25). The second kappa shape index (κ2) is 7.27. The van der Waals surface area contributed by atoms with Gasteiger partial charge in [-0.3, -0.25) is 4.79 Å². The zero-order valence-electron chi connectivity index (χ0n) is 13.6. The summed E-state index contributed by atoms with van der Waals surface area (Å²) in [5, 5.41) is 7.61. The lowest BCUT2D eigenvalue weighted by atomic mass is 10.2. The fourth-order valence-corrected chi connectivity index (χ4v) is 3.98. The van der Waals surface area contributed by atoms with E-state index < -0.39 is 0 Å². The molecule has 1 N–H and O–H groups in total. The summed E-state index contributed by atoms with van der Waals surface area (Å²) in [5.74, 6) is -0.182. The van der Waals surface area contributed by atoms with Gasteiger partial charge in [0.05, 0.1) is 19.9 Å². The Bertz CT molecular complexity index is 1040. The van der Waals surface area contributed by atoms with Crippen molar-refractivity contribution >= 4 is 38.9 Å². The summed E-state index contributed by atoms with van der Waals surface area (Å²) in [4.78, 5) is 13.8. The van der Waals surface area contributed by atoms with Gasteiger partial charge in [-0.05, 0) is 52.3 Å². The summed E-state index contributed by atoms with van der Waals surface area (Å²) in [5.41, 5.74) is 2.86. The maximum atomic E-state index is 12.9. The molecule has 0 fully saturated rings. The summed E-state index contributed by atoms with van der Waals surface area (Å²) in [6.07, 6.45) is 1.77. The number of rotatable bonds is 4. The Morgan fingerprint density at radius 2 is 1.65 bits per heavy atom. The Kier molecular flexibility index (Phi) is 4.69. The van der Waals surface area contributed by atoms with Gasteiger partial charge >= 0.3 is 0 Å². The third-order valence-corrected chi connectivity index (χ3v) is 5.45. The maximum Gasteiger partial charge on any atom is 0.259 e. The molecule has 2 aromatic carbocycles. The molecule has 0 aliphatic rings. The minimum absolute atomic E-state index is 0.182. The first-order chi connectivity index (χ1) is 12.7. The molecule has 0 radical (unpaired) electrons. The monoisotopic (exact) mass is 423 g/mol. The number of thiophene rings is 1. The van der Waals surface area contributed by atoms with E-state index in [1.165, 1.54) is 0 Å². The van der Waals surface area contributed by atoms with Gasteiger partial charge < -0.3 is 5.32 Å². The normalized spacial score (nSPS) is 10.7. The highest BCUT2D eigenvalue weighted by atomic mass is 79.9. The molecule has 4 aromatic rings. The van der Waals surface area contributed by atoms with E-state index in [-0.39, 0.29) is 5.91 Å².